The molecule has 5 N–H and O–H groups in total. The van der Waals surface area contributed by atoms with E-state index in [1.807, 2.05) is 0 Å². The van der Waals surface area contributed by atoms with Gasteiger partial charge in [0.2, 0.25) is 11.8 Å². The largest absolute Gasteiger partial charge is 0.479 e. The highest BCUT2D eigenvalue weighted by atomic mass is 16.6. The molecule has 4 atom stereocenters. The van der Waals surface area contributed by atoms with Crippen molar-refractivity contribution in [3.63, 3.8) is 0 Å². The minimum Gasteiger partial charge on any atom is -0.479 e. The first-order chi connectivity index (χ1) is 10.1. The van der Waals surface area contributed by atoms with Crippen molar-refractivity contribution in [2.45, 2.75) is 24.5 Å². The fourth-order valence-corrected chi connectivity index (χ4v) is 2.35. The van der Waals surface area contributed by atoms with Crippen molar-refractivity contribution in [2.24, 2.45) is 0 Å². The molecule has 2 aromatic rings. The Bertz CT molecular complexity index is 662. The molecule has 3 heterocycles. The zero-order valence-electron chi connectivity index (χ0n) is 11.1. The number of hydrogen-bond donors (Lipinski definition) is 4. The molecule has 0 aliphatic carbocycles. The Labute approximate surface area is 118 Å². The molecule has 0 aromatic carbocycles. The first-order valence-corrected chi connectivity index (χ1v) is 6.23. The molecule has 0 saturated carbocycles. The van der Waals surface area contributed by atoms with E-state index < -0.39 is 31.1 Å². The van der Waals surface area contributed by atoms with Crippen LogP contribution in [0, 0.1) is 0 Å². The van der Waals surface area contributed by atoms with Crippen LogP contribution in [0.2, 0.25) is 0 Å². The lowest BCUT2D eigenvalue weighted by atomic mass is 10.1. The van der Waals surface area contributed by atoms with Gasteiger partial charge in [-0.25, -0.2) is 4.98 Å². The number of aliphatic hydroxyl groups is 3. The van der Waals surface area contributed by atoms with Gasteiger partial charge >= 0.3 is 0 Å². The van der Waals surface area contributed by atoms with Crippen LogP contribution < -0.4 is 10.5 Å². The van der Waals surface area contributed by atoms with Gasteiger partial charge in [-0.1, -0.05) is 0 Å². The van der Waals surface area contributed by atoms with E-state index in [1.54, 1.807) is 0 Å². The van der Waals surface area contributed by atoms with Gasteiger partial charge in [0, 0.05) is 0 Å². The van der Waals surface area contributed by atoms with E-state index in [9.17, 15) is 10.2 Å². The predicted molar refractivity (Wildman–Crippen MR) is 69.3 cm³/mol. The number of nitrogens with zero attached hydrogens (tertiary/aromatic N) is 4. The average molecular weight is 297 g/mol. The molecule has 2 aromatic heterocycles. The summed E-state index contributed by atoms with van der Waals surface area (Å²) in [5, 5.41) is 29.0. The molecule has 21 heavy (non-hydrogen) atoms. The summed E-state index contributed by atoms with van der Waals surface area (Å²) in [7, 11) is 1.42. The summed E-state index contributed by atoms with van der Waals surface area (Å²) >= 11 is 0. The molecule has 10 heteroatoms. The van der Waals surface area contributed by atoms with Gasteiger partial charge in [0.25, 0.3) is 0 Å². The molecule has 114 valence electrons. The van der Waals surface area contributed by atoms with Crippen LogP contribution in [-0.2, 0) is 4.74 Å². The van der Waals surface area contributed by atoms with Crippen molar-refractivity contribution in [2.75, 3.05) is 19.5 Å². The number of ether oxygens (including phenoxy) is 2. The standard InChI is InChI=1S/C11H15N5O5/c1-20-9-5-8(14-11(12)15-9)16(3-13-5)10-7(19)6(18)4(2-17)21-10/h3-4,6-7,10,17-19H,2H2,1H3,(H2,12,14,15)/t4-,6?,7?,10-/m1/s1. The normalized spacial score (nSPS) is 29.1. The van der Waals surface area contributed by atoms with Gasteiger partial charge in [-0.2, -0.15) is 9.97 Å². The maximum Gasteiger partial charge on any atom is 0.246 e. The van der Waals surface area contributed by atoms with Crippen LogP contribution in [0.3, 0.4) is 0 Å². The number of methoxy groups -OCH3 is 1. The summed E-state index contributed by atoms with van der Waals surface area (Å²) in [6, 6.07) is 0. The number of aromatic nitrogens is 4. The van der Waals surface area contributed by atoms with Gasteiger partial charge in [0.05, 0.1) is 20.0 Å². The zero-order valence-corrected chi connectivity index (χ0v) is 11.1. The third-order valence-electron chi connectivity index (χ3n) is 3.39. The van der Waals surface area contributed by atoms with E-state index >= 15 is 0 Å². The molecule has 1 fully saturated rings. The fourth-order valence-electron chi connectivity index (χ4n) is 2.35. The average Bonchev–Trinajstić information content (AvgIpc) is 3.01. The van der Waals surface area contributed by atoms with Crippen LogP contribution in [0.4, 0.5) is 5.95 Å². The second-order valence-electron chi connectivity index (χ2n) is 4.64. The number of rotatable bonds is 3. The Balaban J connectivity index is 2.07. The quantitative estimate of drug-likeness (QED) is 0.506. The Morgan fingerprint density at radius 3 is 2.76 bits per heavy atom. The van der Waals surface area contributed by atoms with Gasteiger partial charge in [0.15, 0.2) is 17.4 Å². The molecular weight excluding hydrogens is 282 g/mol. The SMILES string of the molecule is COc1nc(N)nc2c1ncn2[C@@H]1O[C@H](CO)C(O)C1O. The predicted octanol–water partition coefficient (Wildman–Crippen LogP) is -1.97. The number of nitrogen functional groups attached to an aromatic ring is 1. The molecule has 0 amide bonds. The molecule has 0 spiro atoms. The second-order valence-corrected chi connectivity index (χ2v) is 4.64. The highest BCUT2D eigenvalue weighted by Gasteiger charge is 2.44. The van der Waals surface area contributed by atoms with E-state index in [4.69, 9.17) is 20.3 Å². The molecule has 0 bridgehead atoms. The number of anilines is 1. The summed E-state index contributed by atoms with van der Waals surface area (Å²) in [5.41, 5.74) is 6.26. The maximum absolute atomic E-state index is 10.0. The lowest BCUT2D eigenvalue weighted by Gasteiger charge is -2.16. The zero-order chi connectivity index (χ0) is 15.1. The van der Waals surface area contributed by atoms with Crippen LogP contribution in [0.15, 0.2) is 6.33 Å². The van der Waals surface area contributed by atoms with Gasteiger partial charge < -0.3 is 30.5 Å². The number of nitrogens with two attached hydrogens (primary N) is 1. The summed E-state index contributed by atoms with van der Waals surface area (Å²) < 4.78 is 11.9. The second kappa shape index (κ2) is 5.07. The first-order valence-electron chi connectivity index (χ1n) is 6.23. The highest BCUT2D eigenvalue weighted by molar-refractivity contribution is 5.77. The molecule has 1 aliphatic heterocycles. The van der Waals surface area contributed by atoms with Crippen LogP contribution in [-0.4, -0.2) is 66.9 Å². The van der Waals surface area contributed by atoms with Crippen molar-refractivity contribution in [1.82, 2.24) is 19.5 Å². The smallest absolute Gasteiger partial charge is 0.246 e. The molecule has 1 saturated heterocycles. The van der Waals surface area contributed by atoms with Crippen molar-refractivity contribution >= 4 is 17.1 Å². The fraction of sp³-hybridized carbons (Fsp3) is 0.545. The monoisotopic (exact) mass is 297 g/mol. The number of imidazole rings is 1. The van der Waals surface area contributed by atoms with E-state index in [1.165, 1.54) is 18.0 Å². The molecule has 2 unspecified atom stereocenters. The van der Waals surface area contributed by atoms with Crippen LogP contribution in [0.25, 0.3) is 11.2 Å². The first kappa shape index (κ1) is 13.9. The van der Waals surface area contributed by atoms with Crippen LogP contribution in [0.5, 0.6) is 5.88 Å². The molecule has 1 aliphatic rings. The third kappa shape index (κ3) is 2.08. The lowest BCUT2D eigenvalue weighted by Crippen LogP contribution is -2.33. The number of fused-ring (bicyclic) bond motifs is 1. The van der Waals surface area contributed by atoms with E-state index in [-0.39, 0.29) is 11.8 Å². The summed E-state index contributed by atoms with van der Waals surface area (Å²) in [5.74, 6) is 0.177. The van der Waals surface area contributed by atoms with Crippen LogP contribution >= 0.6 is 0 Å². The van der Waals surface area contributed by atoms with E-state index in [0.29, 0.717) is 11.2 Å². The lowest BCUT2D eigenvalue weighted by molar-refractivity contribution is -0.0511. The molecule has 3 rings (SSSR count). The third-order valence-corrected chi connectivity index (χ3v) is 3.39. The summed E-state index contributed by atoms with van der Waals surface area (Å²) in [4.78, 5) is 12.1. The highest BCUT2D eigenvalue weighted by Crippen LogP contribution is 2.32. The molecule has 10 nitrogen and oxygen atoms in total. The number of aliphatic hydroxyl groups excluding tert-OH is 3. The van der Waals surface area contributed by atoms with Crippen molar-refractivity contribution in [1.29, 1.82) is 0 Å². The van der Waals surface area contributed by atoms with Crippen LogP contribution in [0.1, 0.15) is 6.23 Å². The van der Waals surface area contributed by atoms with Crippen molar-refractivity contribution < 1.29 is 24.8 Å². The van der Waals surface area contributed by atoms with E-state index in [0.717, 1.165) is 0 Å². The van der Waals surface area contributed by atoms with Crippen molar-refractivity contribution in [3.05, 3.63) is 6.33 Å². The van der Waals surface area contributed by atoms with E-state index in [2.05, 4.69) is 15.0 Å². The Hall–Kier alpha value is -2.01. The summed E-state index contributed by atoms with van der Waals surface area (Å²) in [6.45, 7) is -0.415. The van der Waals surface area contributed by atoms with Crippen molar-refractivity contribution in [3.8, 4) is 5.88 Å². The minimum atomic E-state index is -1.23. The molecule has 0 radical (unpaired) electrons. The minimum absolute atomic E-state index is 0.0205. The Morgan fingerprint density at radius 1 is 1.38 bits per heavy atom. The van der Waals surface area contributed by atoms with Gasteiger partial charge in [-0.15, -0.1) is 0 Å². The van der Waals surface area contributed by atoms with Gasteiger partial charge in [0.1, 0.15) is 18.3 Å². The molecular formula is C11H15N5O5. The Kier molecular flexibility index (Phi) is 3.37. The number of hydrogen-bond acceptors (Lipinski definition) is 9. The topological polar surface area (TPSA) is 149 Å². The van der Waals surface area contributed by atoms with Gasteiger partial charge in [-0.3, -0.25) is 4.57 Å². The Morgan fingerprint density at radius 2 is 2.14 bits per heavy atom. The summed E-state index contributed by atoms with van der Waals surface area (Å²) in [6.07, 6.45) is -2.90. The maximum atomic E-state index is 10.0. The van der Waals surface area contributed by atoms with Gasteiger partial charge in [-0.05, 0) is 0 Å².